The molecule has 0 aliphatic heterocycles. The highest BCUT2D eigenvalue weighted by molar-refractivity contribution is 5.71. The van der Waals surface area contributed by atoms with Crippen LogP contribution in [0.15, 0.2) is 85.1 Å². The van der Waals surface area contributed by atoms with Crippen molar-refractivity contribution in [1.82, 2.24) is 0 Å². The standard InChI is InChI=1S/C61H104O6/c1-4-7-10-13-16-19-22-25-28-31-34-36-39-42-45-48-51-54-60(63)66-57-58(67-61(64)55-52-49-46-43-40-37-33-30-27-24-21-18-15-12-9-6-3)56-65-59(62)53-50-47-44-41-38-35-32-29-26-23-20-17-14-11-8-5-2/h9,12,18,21,27,29-30,32,35,37-38,40,46,49,58H,4-8,10-11,13-17,19-20,22-26,28,31,33-34,36,39,41-45,47-48,50-57H2,1-3H3/b12-9-,21-18-,30-27-,32-29-,38-35-,40-37-,49-46-. The maximum absolute atomic E-state index is 12.8. The van der Waals surface area contributed by atoms with Crippen LogP contribution in [0.4, 0.5) is 0 Å². The van der Waals surface area contributed by atoms with Crippen molar-refractivity contribution >= 4 is 17.9 Å². The number of unbranched alkanes of at least 4 members (excludes halogenated alkanes) is 26. The van der Waals surface area contributed by atoms with Gasteiger partial charge in [0.25, 0.3) is 0 Å². The summed E-state index contributed by atoms with van der Waals surface area (Å²) in [6, 6.07) is 0. The molecule has 0 aromatic rings. The molecule has 0 spiro atoms. The number of ether oxygens (including phenoxy) is 3. The molecule has 1 atom stereocenters. The van der Waals surface area contributed by atoms with Crippen LogP contribution in [0.3, 0.4) is 0 Å². The Morgan fingerprint density at radius 2 is 0.657 bits per heavy atom. The third-order valence-electron chi connectivity index (χ3n) is 11.9. The second-order valence-corrected chi connectivity index (χ2v) is 18.5. The first kappa shape index (κ1) is 63.6. The monoisotopic (exact) mass is 933 g/mol. The first-order valence-electron chi connectivity index (χ1n) is 28.1. The molecule has 0 N–H and O–H groups in total. The van der Waals surface area contributed by atoms with Crippen LogP contribution < -0.4 is 0 Å². The van der Waals surface area contributed by atoms with E-state index >= 15 is 0 Å². The molecule has 0 bridgehead atoms. The lowest BCUT2D eigenvalue weighted by Crippen LogP contribution is -2.30. The lowest BCUT2D eigenvalue weighted by molar-refractivity contribution is -0.166. The highest BCUT2D eigenvalue weighted by atomic mass is 16.6. The van der Waals surface area contributed by atoms with E-state index < -0.39 is 12.1 Å². The van der Waals surface area contributed by atoms with Crippen LogP contribution in [0, 0.1) is 0 Å². The summed E-state index contributed by atoms with van der Waals surface area (Å²) in [6.45, 7) is 6.45. The van der Waals surface area contributed by atoms with Gasteiger partial charge < -0.3 is 14.2 Å². The predicted octanol–water partition coefficient (Wildman–Crippen LogP) is 18.8. The van der Waals surface area contributed by atoms with Gasteiger partial charge >= 0.3 is 17.9 Å². The van der Waals surface area contributed by atoms with Gasteiger partial charge in [-0.05, 0) is 77.0 Å². The molecule has 0 aliphatic carbocycles. The number of esters is 3. The molecule has 0 heterocycles. The largest absolute Gasteiger partial charge is 0.462 e. The van der Waals surface area contributed by atoms with Crippen LogP contribution in [0.1, 0.15) is 265 Å². The fourth-order valence-electron chi connectivity index (χ4n) is 7.72. The van der Waals surface area contributed by atoms with E-state index in [1.165, 1.54) is 135 Å². The van der Waals surface area contributed by atoms with E-state index in [1.807, 2.05) is 12.2 Å². The Balaban J connectivity index is 4.50. The summed E-state index contributed by atoms with van der Waals surface area (Å²) in [5, 5.41) is 0. The highest BCUT2D eigenvalue weighted by Gasteiger charge is 2.19. The van der Waals surface area contributed by atoms with Gasteiger partial charge in [0.05, 0.1) is 0 Å². The number of rotatable bonds is 50. The van der Waals surface area contributed by atoms with Crippen LogP contribution in [0.2, 0.25) is 0 Å². The molecule has 0 saturated carbocycles. The van der Waals surface area contributed by atoms with E-state index in [2.05, 4.69) is 93.7 Å². The summed E-state index contributed by atoms with van der Waals surface area (Å²) in [6.07, 6.45) is 71.6. The van der Waals surface area contributed by atoms with Gasteiger partial charge in [0.1, 0.15) is 13.2 Å². The number of carbonyl (C=O) groups excluding carboxylic acids is 3. The Morgan fingerprint density at radius 3 is 1.04 bits per heavy atom. The van der Waals surface area contributed by atoms with Gasteiger partial charge in [0.15, 0.2) is 6.10 Å². The minimum atomic E-state index is -0.826. The van der Waals surface area contributed by atoms with Crippen molar-refractivity contribution in [3.05, 3.63) is 85.1 Å². The van der Waals surface area contributed by atoms with Crippen molar-refractivity contribution in [3.63, 3.8) is 0 Å². The summed E-state index contributed by atoms with van der Waals surface area (Å²) in [5.74, 6) is -1.02. The van der Waals surface area contributed by atoms with Crippen molar-refractivity contribution in [2.45, 2.75) is 271 Å². The molecule has 6 nitrogen and oxygen atoms in total. The average Bonchev–Trinajstić information content (AvgIpc) is 3.33. The van der Waals surface area contributed by atoms with E-state index in [1.54, 1.807) is 0 Å². The molecule has 0 amide bonds. The lowest BCUT2D eigenvalue weighted by atomic mass is 10.0. The fourth-order valence-corrected chi connectivity index (χ4v) is 7.72. The van der Waals surface area contributed by atoms with Gasteiger partial charge in [-0.2, -0.15) is 0 Å². The van der Waals surface area contributed by atoms with Crippen molar-refractivity contribution in [2.75, 3.05) is 13.2 Å². The van der Waals surface area contributed by atoms with Crippen LogP contribution in [-0.2, 0) is 28.6 Å². The van der Waals surface area contributed by atoms with Crippen molar-refractivity contribution in [1.29, 1.82) is 0 Å². The van der Waals surface area contributed by atoms with Gasteiger partial charge in [0, 0.05) is 19.3 Å². The van der Waals surface area contributed by atoms with E-state index in [0.717, 1.165) is 83.5 Å². The molecule has 0 aliphatic rings. The third kappa shape index (κ3) is 53.4. The van der Waals surface area contributed by atoms with Crippen LogP contribution >= 0.6 is 0 Å². The molecule has 0 rings (SSSR count). The molecule has 67 heavy (non-hydrogen) atoms. The minimum Gasteiger partial charge on any atom is -0.462 e. The summed E-state index contributed by atoms with van der Waals surface area (Å²) < 4.78 is 16.8. The number of hydrogen-bond acceptors (Lipinski definition) is 6. The van der Waals surface area contributed by atoms with Crippen molar-refractivity contribution in [2.24, 2.45) is 0 Å². The molecule has 0 aromatic heterocycles. The molecule has 6 heteroatoms. The summed E-state index contributed by atoms with van der Waals surface area (Å²) in [5.41, 5.74) is 0. The lowest BCUT2D eigenvalue weighted by Gasteiger charge is -2.18. The van der Waals surface area contributed by atoms with Crippen molar-refractivity contribution < 1.29 is 28.6 Å². The summed E-state index contributed by atoms with van der Waals surface area (Å²) >= 11 is 0. The molecule has 0 fully saturated rings. The highest BCUT2D eigenvalue weighted by Crippen LogP contribution is 2.15. The number of hydrogen-bond donors (Lipinski definition) is 0. The molecular formula is C61H104O6. The second kappa shape index (κ2) is 55.2. The topological polar surface area (TPSA) is 78.9 Å². The SMILES string of the molecule is CC/C=C\C/C=C\C/C=C\C/C=C\C/C=C\CCC(=O)OC(COC(=O)CCCCC/C=C\C=C/CCCCCCCCC)COC(=O)CCCCCCCCCCCCCCCCCCC. The molecule has 384 valence electrons. The van der Waals surface area contributed by atoms with Gasteiger partial charge in [-0.3, -0.25) is 14.4 Å². The van der Waals surface area contributed by atoms with E-state index in [9.17, 15) is 14.4 Å². The van der Waals surface area contributed by atoms with Gasteiger partial charge in [-0.25, -0.2) is 0 Å². The smallest absolute Gasteiger partial charge is 0.306 e. The third-order valence-corrected chi connectivity index (χ3v) is 11.9. The van der Waals surface area contributed by atoms with Crippen LogP contribution in [0.25, 0.3) is 0 Å². The van der Waals surface area contributed by atoms with E-state index in [0.29, 0.717) is 19.3 Å². The fraction of sp³-hybridized carbons (Fsp3) is 0.721. The average molecular weight is 933 g/mol. The van der Waals surface area contributed by atoms with Gasteiger partial charge in [-0.15, -0.1) is 0 Å². The maximum Gasteiger partial charge on any atom is 0.306 e. The molecule has 1 unspecified atom stereocenters. The zero-order valence-corrected chi connectivity index (χ0v) is 43.9. The Kier molecular flexibility index (Phi) is 52.4. The summed E-state index contributed by atoms with van der Waals surface area (Å²) in [4.78, 5) is 38.1. The Labute approximate surface area is 414 Å². The molecular weight excluding hydrogens is 829 g/mol. The molecule has 0 saturated heterocycles. The van der Waals surface area contributed by atoms with Crippen molar-refractivity contribution in [3.8, 4) is 0 Å². The van der Waals surface area contributed by atoms with Gasteiger partial charge in [0.2, 0.25) is 0 Å². The zero-order chi connectivity index (χ0) is 48.6. The van der Waals surface area contributed by atoms with Crippen LogP contribution in [0.5, 0.6) is 0 Å². The summed E-state index contributed by atoms with van der Waals surface area (Å²) in [7, 11) is 0. The minimum absolute atomic E-state index is 0.113. The predicted molar refractivity (Wildman–Crippen MR) is 288 cm³/mol. The Morgan fingerprint density at radius 1 is 0.328 bits per heavy atom. The van der Waals surface area contributed by atoms with E-state index in [4.69, 9.17) is 14.2 Å². The normalized spacial score (nSPS) is 12.7. The zero-order valence-electron chi connectivity index (χ0n) is 43.9. The van der Waals surface area contributed by atoms with E-state index in [-0.39, 0.29) is 31.6 Å². The second-order valence-electron chi connectivity index (χ2n) is 18.5. The maximum atomic E-state index is 12.8. The molecule has 0 aromatic carbocycles. The quantitative estimate of drug-likeness (QED) is 0.0199. The van der Waals surface area contributed by atoms with Crippen LogP contribution in [-0.4, -0.2) is 37.2 Å². The first-order chi connectivity index (χ1) is 33.0. The Hall–Kier alpha value is -3.41. The molecule has 0 radical (unpaired) electrons. The first-order valence-corrected chi connectivity index (χ1v) is 28.1. The number of allylic oxidation sites excluding steroid dienone is 14. The number of carbonyl (C=O) groups is 3. The Bertz CT molecular complexity index is 1300. The van der Waals surface area contributed by atoms with Gasteiger partial charge in [-0.1, -0.05) is 254 Å².